The Labute approximate surface area is 153 Å². The van der Waals surface area contributed by atoms with Gasteiger partial charge in [-0.25, -0.2) is 0 Å². The molecule has 2 aliphatic rings. The van der Waals surface area contributed by atoms with Gasteiger partial charge in [-0.05, 0) is 37.9 Å². The summed E-state index contributed by atoms with van der Waals surface area (Å²) in [7, 11) is 0. The Kier molecular flexibility index (Phi) is 7.01. The lowest BCUT2D eigenvalue weighted by molar-refractivity contribution is -0.384. The van der Waals surface area contributed by atoms with Gasteiger partial charge in [0, 0.05) is 38.7 Å². The minimum atomic E-state index is -0.343. The fraction of sp³-hybridized carbons (Fsp3) is 0.588. The van der Waals surface area contributed by atoms with Crippen LogP contribution in [0.15, 0.2) is 24.3 Å². The highest BCUT2D eigenvalue weighted by Gasteiger charge is 2.27. The van der Waals surface area contributed by atoms with Crippen LogP contribution in [0.1, 0.15) is 19.3 Å². The molecule has 0 bridgehead atoms. The number of amides is 1. The number of rotatable bonds is 4. The SMILES string of the molecule is Cl.O=C(CC1CCNCC1)N1CCN(c2ccccc2[N+](=O)[O-])CC1. The summed E-state index contributed by atoms with van der Waals surface area (Å²) in [4.78, 5) is 27.2. The Morgan fingerprint density at radius 3 is 2.44 bits per heavy atom. The van der Waals surface area contributed by atoms with E-state index in [0.29, 0.717) is 44.2 Å². The van der Waals surface area contributed by atoms with Gasteiger partial charge in [0.15, 0.2) is 0 Å². The molecule has 0 radical (unpaired) electrons. The summed E-state index contributed by atoms with van der Waals surface area (Å²) in [6, 6.07) is 6.81. The quantitative estimate of drug-likeness (QED) is 0.650. The molecule has 1 aromatic rings. The maximum Gasteiger partial charge on any atom is 0.292 e. The third-order valence-electron chi connectivity index (χ3n) is 4.97. The third kappa shape index (κ3) is 4.83. The first-order valence-corrected chi connectivity index (χ1v) is 8.62. The van der Waals surface area contributed by atoms with E-state index in [1.165, 1.54) is 6.07 Å². The molecular weight excluding hydrogens is 344 g/mol. The molecule has 0 saturated carbocycles. The zero-order valence-electron chi connectivity index (χ0n) is 14.2. The number of hydrogen-bond acceptors (Lipinski definition) is 5. The first-order valence-electron chi connectivity index (χ1n) is 8.62. The van der Waals surface area contributed by atoms with Gasteiger partial charge in [-0.2, -0.15) is 0 Å². The van der Waals surface area contributed by atoms with Crippen molar-refractivity contribution in [3.63, 3.8) is 0 Å². The summed E-state index contributed by atoms with van der Waals surface area (Å²) >= 11 is 0. The van der Waals surface area contributed by atoms with E-state index in [1.807, 2.05) is 15.9 Å². The molecule has 25 heavy (non-hydrogen) atoms. The fourth-order valence-electron chi connectivity index (χ4n) is 3.54. The van der Waals surface area contributed by atoms with Crippen LogP contribution in [0.5, 0.6) is 0 Å². The monoisotopic (exact) mass is 368 g/mol. The maximum absolute atomic E-state index is 12.5. The van der Waals surface area contributed by atoms with Crippen molar-refractivity contribution >= 4 is 29.7 Å². The highest BCUT2D eigenvalue weighted by atomic mass is 35.5. The second-order valence-electron chi connectivity index (χ2n) is 6.51. The van der Waals surface area contributed by atoms with E-state index < -0.39 is 0 Å². The number of para-hydroxylation sites is 2. The molecule has 0 atom stereocenters. The zero-order valence-corrected chi connectivity index (χ0v) is 15.0. The molecule has 138 valence electrons. The number of piperazine rings is 1. The summed E-state index contributed by atoms with van der Waals surface area (Å²) in [5, 5.41) is 14.5. The van der Waals surface area contributed by atoms with Gasteiger partial charge in [0.2, 0.25) is 5.91 Å². The lowest BCUT2D eigenvalue weighted by Gasteiger charge is -2.36. The molecule has 1 N–H and O–H groups in total. The molecule has 0 aromatic heterocycles. The van der Waals surface area contributed by atoms with E-state index in [4.69, 9.17) is 0 Å². The molecule has 2 heterocycles. The number of piperidine rings is 1. The number of nitro benzene ring substituents is 1. The van der Waals surface area contributed by atoms with Crippen LogP contribution < -0.4 is 10.2 Å². The zero-order chi connectivity index (χ0) is 16.9. The van der Waals surface area contributed by atoms with Crippen LogP contribution in [-0.2, 0) is 4.79 Å². The Hall–Kier alpha value is -1.86. The van der Waals surface area contributed by atoms with Crippen molar-refractivity contribution in [3.05, 3.63) is 34.4 Å². The number of hydrogen-bond donors (Lipinski definition) is 1. The molecule has 8 heteroatoms. The molecule has 0 spiro atoms. The van der Waals surface area contributed by atoms with E-state index in [-0.39, 0.29) is 28.9 Å². The Bertz CT molecular complexity index is 599. The predicted molar refractivity (Wildman–Crippen MR) is 99.3 cm³/mol. The van der Waals surface area contributed by atoms with Crippen molar-refractivity contribution in [2.24, 2.45) is 5.92 Å². The minimum absolute atomic E-state index is 0. The molecule has 2 aliphatic heterocycles. The lowest BCUT2D eigenvalue weighted by atomic mass is 9.94. The molecule has 2 fully saturated rings. The fourth-order valence-corrected chi connectivity index (χ4v) is 3.54. The van der Waals surface area contributed by atoms with Crippen LogP contribution in [0.25, 0.3) is 0 Å². The largest absolute Gasteiger partial charge is 0.362 e. The normalized spacial score (nSPS) is 18.6. The number of nitro groups is 1. The second kappa shape index (κ2) is 9.01. The van der Waals surface area contributed by atoms with Gasteiger partial charge in [0.1, 0.15) is 5.69 Å². The van der Waals surface area contributed by atoms with Crippen molar-refractivity contribution in [3.8, 4) is 0 Å². The van der Waals surface area contributed by atoms with Gasteiger partial charge in [0.05, 0.1) is 4.92 Å². The summed E-state index contributed by atoms with van der Waals surface area (Å²) in [5.41, 5.74) is 0.778. The van der Waals surface area contributed by atoms with Gasteiger partial charge >= 0.3 is 0 Å². The van der Waals surface area contributed by atoms with Crippen LogP contribution in [0, 0.1) is 16.0 Å². The van der Waals surface area contributed by atoms with Crippen LogP contribution in [0.3, 0.4) is 0 Å². The van der Waals surface area contributed by atoms with Gasteiger partial charge < -0.3 is 15.1 Å². The molecule has 3 rings (SSSR count). The molecule has 0 aliphatic carbocycles. The molecule has 1 aromatic carbocycles. The van der Waals surface area contributed by atoms with Crippen molar-refractivity contribution in [2.75, 3.05) is 44.2 Å². The number of nitrogens with zero attached hydrogens (tertiary/aromatic N) is 3. The molecule has 2 saturated heterocycles. The second-order valence-corrected chi connectivity index (χ2v) is 6.51. The summed E-state index contributed by atoms with van der Waals surface area (Å²) in [5.74, 6) is 0.719. The van der Waals surface area contributed by atoms with Crippen LogP contribution in [-0.4, -0.2) is 55.0 Å². The number of carbonyl (C=O) groups is 1. The predicted octanol–water partition coefficient (Wildman–Crippen LogP) is 2.05. The number of nitrogens with one attached hydrogen (secondary N) is 1. The van der Waals surface area contributed by atoms with Crippen molar-refractivity contribution in [1.82, 2.24) is 10.2 Å². The molecule has 1 amide bonds. The van der Waals surface area contributed by atoms with Gasteiger partial charge in [-0.3, -0.25) is 14.9 Å². The lowest BCUT2D eigenvalue weighted by Crippen LogP contribution is -2.49. The van der Waals surface area contributed by atoms with Gasteiger partial charge in [-0.1, -0.05) is 12.1 Å². The molecule has 7 nitrogen and oxygen atoms in total. The first-order chi connectivity index (χ1) is 11.6. The van der Waals surface area contributed by atoms with Crippen molar-refractivity contribution in [1.29, 1.82) is 0 Å². The summed E-state index contributed by atoms with van der Waals surface area (Å²) < 4.78 is 0. The minimum Gasteiger partial charge on any atom is -0.362 e. The summed E-state index contributed by atoms with van der Waals surface area (Å²) in [6.07, 6.45) is 2.77. The Morgan fingerprint density at radius 1 is 1.16 bits per heavy atom. The number of anilines is 1. The van der Waals surface area contributed by atoms with E-state index in [2.05, 4.69) is 5.32 Å². The Balaban J connectivity index is 0.00000225. The van der Waals surface area contributed by atoms with E-state index in [1.54, 1.807) is 12.1 Å². The van der Waals surface area contributed by atoms with Crippen LogP contribution in [0.2, 0.25) is 0 Å². The average molecular weight is 369 g/mol. The third-order valence-corrected chi connectivity index (χ3v) is 4.97. The van der Waals surface area contributed by atoms with E-state index >= 15 is 0 Å². The first kappa shape index (κ1) is 19.5. The standard InChI is InChI=1S/C17H24N4O3.ClH/c22-17(13-14-5-7-18-8-6-14)20-11-9-19(10-12-20)15-3-1-2-4-16(15)21(23)24;/h1-4,14,18H,5-13H2;1H. The molecular formula is C17H25ClN4O3. The average Bonchev–Trinajstić information content (AvgIpc) is 2.62. The van der Waals surface area contributed by atoms with Crippen molar-refractivity contribution in [2.45, 2.75) is 19.3 Å². The van der Waals surface area contributed by atoms with E-state index in [0.717, 1.165) is 25.9 Å². The highest BCUT2D eigenvalue weighted by Crippen LogP contribution is 2.28. The van der Waals surface area contributed by atoms with Crippen LogP contribution >= 0.6 is 12.4 Å². The maximum atomic E-state index is 12.5. The van der Waals surface area contributed by atoms with E-state index in [9.17, 15) is 14.9 Å². The van der Waals surface area contributed by atoms with Crippen molar-refractivity contribution < 1.29 is 9.72 Å². The number of halogens is 1. The van der Waals surface area contributed by atoms with Gasteiger partial charge in [-0.15, -0.1) is 12.4 Å². The molecule has 0 unspecified atom stereocenters. The van der Waals surface area contributed by atoms with Crippen LogP contribution in [0.4, 0.5) is 11.4 Å². The summed E-state index contributed by atoms with van der Waals surface area (Å²) in [6.45, 7) is 4.56. The number of carbonyl (C=O) groups excluding carboxylic acids is 1. The topological polar surface area (TPSA) is 78.7 Å². The number of benzene rings is 1. The smallest absolute Gasteiger partial charge is 0.292 e. The highest BCUT2D eigenvalue weighted by molar-refractivity contribution is 5.85. The Morgan fingerprint density at radius 2 is 1.80 bits per heavy atom. The van der Waals surface area contributed by atoms with Gasteiger partial charge in [0.25, 0.3) is 5.69 Å².